The number of nitro groups is 1. The van der Waals surface area contributed by atoms with Crippen LogP contribution in [0.25, 0.3) is 6.08 Å². The first-order valence-corrected chi connectivity index (χ1v) is 11.1. The van der Waals surface area contributed by atoms with E-state index in [2.05, 4.69) is 0 Å². The van der Waals surface area contributed by atoms with Gasteiger partial charge in [0.05, 0.1) is 28.0 Å². The van der Waals surface area contributed by atoms with Crippen LogP contribution in [0.5, 0.6) is 5.75 Å². The fraction of sp³-hybridized carbons (Fsp3) is 0.227. The molecular weight excluding hydrogens is 452 g/mol. The van der Waals surface area contributed by atoms with Crippen molar-refractivity contribution in [3.63, 3.8) is 0 Å². The smallest absolute Gasteiger partial charge is 0.343 e. The second kappa shape index (κ2) is 9.60. The molecule has 0 aromatic heterocycles. The van der Waals surface area contributed by atoms with E-state index in [1.54, 1.807) is 35.2 Å². The summed E-state index contributed by atoms with van der Waals surface area (Å²) in [7, 11) is 0. The van der Waals surface area contributed by atoms with Crippen LogP contribution in [-0.4, -0.2) is 45.3 Å². The van der Waals surface area contributed by atoms with E-state index in [-0.39, 0.29) is 23.3 Å². The second-order valence-electron chi connectivity index (χ2n) is 7.19. The molecule has 0 spiro atoms. The molecule has 0 aliphatic carbocycles. The van der Waals surface area contributed by atoms with Crippen LogP contribution in [-0.2, 0) is 9.53 Å². The van der Waals surface area contributed by atoms with Crippen molar-refractivity contribution in [1.82, 2.24) is 4.90 Å². The number of nitro benzene ring substituents is 1. The van der Waals surface area contributed by atoms with Crippen LogP contribution in [0.1, 0.15) is 28.8 Å². The number of hydrogen-bond acceptors (Lipinski definition) is 8. The van der Waals surface area contributed by atoms with Crippen LogP contribution in [0.3, 0.4) is 0 Å². The quantitative estimate of drug-likeness (QED) is 0.155. The van der Waals surface area contributed by atoms with Crippen molar-refractivity contribution in [3.05, 3.63) is 74.7 Å². The van der Waals surface area contributed by atoms with Gasteiger partial charge in [-0.1, -0.05) is 36.1 Å². The molecule has 10 heteroatoms. The molecule has 1 amide bonds. The summed E-state index contributed by atoms with van der Waals surface area (Å²) < 4.78 is 11.4. The molecule has 1 atom stereocenters. The highest BCUT2D eigenvalue weighted by Crippen LogP contribution is 2.33. The number of carbonyl (C=O) groups excluding carboxylic acids is 2. The first-order chi connectivity index (χ1) is 15.4. The van der Waals surface area contributed by atoms with Crippen LogP contribution in [0.2, 0.25) is 0 Å². The van der Waals surface area contributed by atoms with Crippen molar-refractivity contribution in [3.8, 4) is 5.75 Å². The van der Waals surface area contributed by atoms with Crippen molar-refractivity contribution in [2.24, 2.45) is 0 Å². The maximum absolute atomic E-state index is 12.7. The molecule has 164 valence electrons. The summed E-state index contributed by atoms with van der Waals surface area (Å²) in [5, 5.41) is 10.7. The van der Waals surface area contributed by atoms with E-state index < -0.39 is 10.9 Å². The lowest BCUT2D eigenvalue weighted by molar-refractivity contribution is -0.384. The molecule has 2 saturated heterocycles. The second-order valence-corrected chi connectivity index (χ2v) is 8.87. The molecule has 2 heterocycles. The molecule has 0 radical (unpaired) electrons. The number of amides is 1. The van der Waals surface area contributed by atoms with Gasteiger partial charge in [0.1, 0.15) is 10.1 Å². The van der Waals surface area contributed by atoms with E-state index in [0.717, 1.165) is 25.0 Å². The molecule has 8 nitrogen and oxygen atoms in total. The Hall–Kier alpha value is -3.08. The number of esters is 1. The van der Waals surface area contributed by atoms with E-state index in [0.29, 0.717) is 21.5 Å². The fourth-order valence-corrected chi connectivity index (χ4v) is 4.59. The van der Waals surface area contributed by atoms with Crippen molar-refractivity contribution in [2.45, 2.75) is 18.9 Å². The van der Waals surface area contributed by atoms with Crippen molar-refractivity contribution < 1.29 is 24.0 Å². The lowest BCUT2D eigenvalue weighted by Gasteiger charge is -2.18. The number of thioether (sulfide) groups is 1. The molecule has 0 N–H and O–H groups in total. The van der Waals surface area contributed by atoms with Gasteiger partial charge in [-0.25, -0.2) is 4.79 Å². The standard InChI is InChI=1S/C22H18N2O6S2/c25-20-19(32-22(31)23(20)13-18-2-1-11-29-18)12-14-3-9-17(10-4-14)30-21(26)15-5-7-16(8-6-15)24(27)28/h3-10,12,18H,1-2,11,13H2/b19-12-/t18-/m0/s1. The number of non-ortho nitro benzene ring substituents is 1. The molecular formula is C22H18N2O6S2. The Morgan fingerprint density at radius 3 is 2.59 bits per heavy atom. The number of carbonyl (C=O) groups is 2. The molecule has 0 unspecified atom stereocenters. The van der Waals surface area contributed by atoms with E-state index in [1.165, 1.54) is 36.0 Å². The molecule has 2 aliphatic rings. The van der Waals surface area contributed by atoms with Gasteiger partial charge in [0.2, 0.25) is 0 Å². The Bertz CT molecular complexity index is 1090. The summed E-state index contributed by atoms with van der Waals surface area (Å²) in [6.45, 7) is 1.19. The molecule has 2 aromatic rings. The Morgan fingerprint density at radius 1 is 1.25 bits per heavy atom. The van der Waals surface area contributed by atoms with E-state index >= 15 is 0 Å². The zero-order valence-corrected chi connectivity index (χ0v) is 18.4. The number of ether oxygens (including phenoxy) is 2. The molecule has 0 bridgehead atoms. The Balaban J connectivity index is 1.39. The third-order valence-corrected chi connectivity index (χ3v) is 6.36. The summed E-state index contributed by atoms with van der Waals surface area (Å²) >= 11 is 6.61. The SMILES string of the molecule is O=C(Oc1ccc(/C=C2\SC(=S)N(C[C@@H]3CCCO3)C2=O)cc1)c1ccc([N+](=O)[O-])cc1. The number of nitrogens with zero attached hydrogens (tertiary/aromatic N) is 2. The van der Waals surface area contributed by atoms with Crippen molar-refractivity contribution in [2.75, 3.05) is 13.2 Å². The van der Waals surface area contributed by atoms with Gasteiger partial charge in [-0.15, -0.1) is 0 Å². The third-order valence-electron chi connectivity index (χ3n) is 4.99. The number of benzene rings is 2. The minimum atomic E-state index is -0.623. The maximum atomic E-state index is 12.7. The van der Waals surface area contributed by atoms with Gasteiger partial charge in [-0.3, -0.25) is 19.8 Å². The van der Waals surface area contributed by atoms with Crippen LogP contribution in [0, 0.1) is 10.1 Å². The molecule has 4 rings (SSSR count). The van der Waals surface area contributed by atoms with Crippen molar-refractivity contribution >= 4 is 51.9 Å². The molecule has 2 fully saturated rings. The highest BCUT2D eigenvalue weighted by molar-refractivity contribution is 8.26. The largest absolute Gasteiger partial charge is 0.423 e. The van der Waals surface area contributed by atoms with Crippen LogP contribution in [0.4, 0.5) is 5.69 Å². The molecule has 32 heavy (non-hydrogen) atoms. The van der Waals surface area contributed by atoms with Crippen LogP contribution >= 0.6 is 24.0 Å². The predicted molar refractivity (Wildman–Crippen MR) is 123 cm³/mol. The van der Waals surface area contributed by atoms with Gasteiger partial charge in [0, 0.05) is 18.7 Å². The highest BCUT2D eigenvalue weighted by atomic mass is 32.2. The Labute approximate surface area is 193 Å². The number of rotatable bonds is 6. The first kappa shape index (κ1) is 22.1. The third kappa shape index (κ3) is 5.04. The lowest BCUT2D eigenvalue weighted by Crippen LogP contribution is -2.35. The Morgan fingerprint density at radius 2 is 1.97 bits per heavy atom. The summed E-state index contributed by atoms with van der Waals surface area (Å²) in [5.41, 5.74) is 0.861. The van der Waals surface area contributed by atoms with Gasteiger partial charge >= 0.3 is 5.97 Å². The van der Waals surface area contributed by atoms with E-state index in [4.69, 9.17) is 21.7 Å². The summed E-state index contributed by atoms with van der Waals surface area (Å²) in [5.74, 6) is -0.441. The number of thiocarbonyl (C=S) groups is 1. The Kier molecular flexibility index (Phi) is 6.63. The normalized spacial score (nSPS) is 19.6. The average molecular weight is 471 g/mol. The highest BCUT2D eigenvalue weighted by Gasteiger charge is 2.34. The minimum absolute atomic E-state index is 0.0292. The van der Waals surface area contributed by atoms with Gasteiger partial charge in [0.15, 0.2) is 0 Å². The number of hydrogen-bond donors (Lipinski definition) is 0. The topological polar surface area (TPSA) is 99.0 Å². The summed E-state index contributed by atoms with van der Waals surface area (Å²) in [4.78, 5) is 37.2. The van der Waals surface area contributed by atoms with Gasteiger partial charge in [0.25, 0.3) is 11.6 Å². The van der Waals surface area contributed by atoms with Crippen LogP contribution in [0.15, 0.2) is 53.4 Å². The van der Waals surface area contributed by atoms with Gasteiger partial charge in [-0.2, -0.15) is 0 Å². The van der Waals surface area contributed by atoms with Gasteiger partial charge < -0.3 is 9.47 Å². The van der Waals surface area contributed by atoms with Crippen molar-refractivity contribution in [1.29, 1.82) is 0 Å². The van der Waals surface area contributed by atoms with E-state index in [1.807, 2.05) is 0 Å². The monoisotopic (exact) mass is 470 g/mol. The zero-order valence-electron chi connectivity index (χ0n) is 16.8. The lowest BCUT2D eigenvalue weighted by atomic mass is 10.2. The molecule has 2 aromatic carbocycles. The first-order valence-electron chi connectivity index (χ1n) is 9.84. The van der Waals surface area contributed by atoms with Gasteiger partial charge in [-0.05, 0) is 48.7 Å². The average Bonchev–Trinajstić information content (AvgIpc) is 3.39. The minimum Gasteiger partial charge on any atom is -0.423 e. The summed E-state index contributed by atoms with van der Waals surface area (Å²) in [6, 6.07) is 11.9. The molecule has 0 saturated carbocycles. The maximum Gasteiger partial charge on any atom is 0.343 e. The van der Waals surface area contributed by atoms with E-state index in [9.17, 15) is 19.7 Å². The zero-order chi connectivity index (χ0) is 22.7. The fourth-order valence-electron chi connectivity index (χ4n) is 3.32. The summed E-state index contributed by atoms with van der Waals surface area (Å²) in [6.07, 6.45) is 3.70. The van der Waals surface area contributed by atoms with Crippen LogP contribution < -0.4 is 4.74 Å². The molecule has 2 aliphatic heterocycles. The predicted octanol–water partition coefficient (Wildman–Crippen LogP) is 4.19.